The van der Waals surface area contributed by atoms with Gasteiger partial charge in [0.25, 0.3) is 0 Å². The molecule has 7 heteroatoms. The average molecular weight is 390 g/mol. The Morgan fingerprint density at radius 1 is 0.963 bits per heavy atom. The number of sulfone groups is 1. The SMILES string of the molecule is O=C(CCS(=O)(=O)c1ccc(F)cc1)Nc1ccc(N2CCCCC2)cc1. The first-order valence-corrected chi connectivity index (χ1v) is 10.7. The van der Waals surface area contributed by atoms with Gasteiger partial charge in [-0.1, -0.05) is 0 Å². The number of benzene rings is 2. The summed E-state index contributed by atoms with van der Waals surface area (Å²) in [6.45, 7) is 2.10. The number of piperidine rings is 1. The smallest absolute Gasteiger partial charge is 0.225 e. The summed E-state index contributed by atoms with van der Waals surface area (Å²) in [7, 11) is -3.62. The highest BCUT2D eigenvalue weighted by atomic mass is 32.2. The van der Waals surface area contributed by atoms with Gasteiger partial charge in [0.1, 0.15) is 5.82 Å². The highest BCUT2D eigenvalue weighted by Crippen LogP contribution is 2.22. The van der Waals surface area contributed by atoms with E-state index in [0.29, 0.717) is 5.69 Å². The van der Waals surface area contributed by atoms with E-state index < -0.39 is 15.7 Å². The number of hydrogen-bond donors (Lipinski definition) is 1. The summed E-state index contributed by atoms with van der Waals surface area (Å²) in [6, 6.07) is 12.2. The number of amides is 1. The molecule has 1 heterocycles. The van der Waals surface area contributed by atoms with Gasteiger partial charge in [0.15, 0.2) is 9.84 Å². The standard InChI is InChI=1S/C20H23FN2O3S/c21-16-4-10-19(11-5-16)27(25,26)15-12-20(24)22-17-6-8-18(9-7-17)23-13-2-1-3-14-23/h4-11H,1-3,12-15H2,(H,22,24). The molecule has 27 heavy (non-hydrogen) atoms. The van der Waals surface area contributed by atoms with Crippen LogP contribution in [-0.4, -0.2) is 33.2 Å². The molecule has 0 bridgehead atoms. The summed E-state index contributed by atoms with van der Waals surface area (Å²) in [5.41, 5.74) is 1.77. The molecule has 0 aliphatic carbocycles. The van der Waals surface area contributed by atoms with Gasteiger partial charge in [-0.15, -0.1) is 0 Å². The lowest BCUT2D eigenvalue weighted by molar-refractivity contribution is -0.115. The molecule has 1 fully saturated rings. The molecule has 2 aromatic carbocycles. The Kier molecular flexibility index (Phi) is 6.11. The van der Waals surface area contributed by atoms with Crippen LogP contribution in [0.25, 0.3) is 0 Å². The van der Waals surface area contributed by atoms with Crippen molar-refractivity contribution in [3.05, 3.63) is 54.3 Å². The predicted octanol–water partition coefficient (Wildman–Crippen LogP) is 3.62. The zero-order valence-corrected chi connectivity index (χ0v) is 15.8. The van der Waals surface area contributed by atoms with E-state index >= 15 is 0 Å². The first-order chi connectivity index (χ1) is 12.9. The van der Waals surface area contributed by atoms with Crippen molar-refractivity contribution in [2.75, 3.05) is 29.1 Å². The van der Waals surface area contributed by atoms with Gasteiger partial charge in [0.05, 0.1) is 10.6 Å². The summed E-state index contributed by atoms with van der Waals surface area (Å²) in [5, 5.41) is 2.72. The molecular formula is C20H23FN2O3S. The molecule has 5 nitrogen and oxygen atoms in total. The molecule has 1 aliphatic heterocycles. The van der Waals surface area contributed by atoms with E-state index in [0.717, 1.165) is 30.9 Å². The van der Waals surface area contributed by atoms with Crippen LogP contribution in [0.2, 0.25) is 0 Å². The molecule has 0 saturated carbocycles. The van der Waals surface area contributed by atoms with Gasteiger partial charge in [-0.3, -0.25) is 4.79 Å². The van der Waals surface area contributed by atoms with Crippen molar-refractivity contribution in [3.8, 4) is 0 Å². The first-order valence-electron chi connectivity index (χ1n) is 9.07. The third kappa shape index (κ3) is 5.29. The minimum atomic E-state index is -3.62. The van der Waals surface area contributed by atoms with Crippen molar-refractivity contribution in [2.24, 2.45) is 0 Å². The Balaban J connectivity index is 1.53. The normalized spacial score (nSPS) is 14.8. The highest BCUT2D eigenvalue weighted by molar-refractivity contribution is 7.91. The van der Waals surface area contributed by atoms with Gasteiger partial charge in [-0.2, -0.15) is 0 Å². The van der Waals surface area contributed by atoms with Gasteiger partial charge >= 0.3 is 0 Å². The minimum Gasteiger partial charge on any atom is -0.372 e. The fourth-order valence-corrected chi connectivity index (χ4v) is 4.36. The van der Waals surface area contributed by atoms with Crippen molar-refractivity contribution in [2.45, 2.75) is 30.6 Å². The topological polar surface area (TPSA) is 66.5 Å². The van der Waals surface area contributed by atoms with Crippen LogP contribution in [0.3, 0.4) is 0 Å². The molecule has 0 aromatic heterocycles. The van der Waals surface area contributed by atoms with Crippen molar-refractivity contribution in [1.29, 1.82) is 0 Å². The Labute approximate surface area is 159 Å². The molecule has 2 aromatic rings. The predicted molar refractivity (Wildman–Crippen MR) is 104 cm³/mol. The van der Waals surface area contributed by atoms with Crippen LogP contribution < -0.4 is 10.2 Å². The molecular weight excluding hydrogens is 367 g/mol. The number of rotatable bonds is 6. The van der Waals surface area contributed by atoms with Crippen LogP contribution in [0.4, 0.5) is 15.8 Å². The molecule has 1 amide bonds. The quantitative estimate of drug-likeness (QED) is 0.765. The van der Waals surface area contributed by atoms with Gasteiger partial charge < -0.3 is 10.2 Å². The zero-order chi connectivity index (χ0) is 19.3. The molecule has 0 unspecified atom stereocenters. The second-order valence-electron chi connectivity index (χ2n) is 6.67. The van der Waals surface area contributed by atoms with Crippen molar-refractivity contribution >= 4 is 27.1 Å². The Morgan fingerprint density at radius 3 is 2.22 bits per heavy atom. The van der Waals surface area contributed by atoms with Crippen LogP contribution in [-0.2, 0) is 14.6 Å². The second kappa shape index (κ2) is 8.52. The number of nitrogens with one attached hydrogen (secondary N) is 1. The van der Waals surface area contributed by atoms with Gasteiger partial charge in [-0.05, 0) is 67.8 Å². The van der Waals surface area contributed by atoms with Crippen molar-refractivity contribution < 1.29 is 17.6 Å². The first kappa shape index (κ1) is 19.4. The number of carbonyl (C=O) groups is 1. The number of nitrogens with zero attached hydrogens (tertiary/aromatic N) is 1. The van der Waals surface area contributed by atoms with Crippen LogP contribution in [0, 0.1) is 5.82 Å². The highest BCUT2D eigenvalue weighted by Gasteiger charge is 2.17. The average Bonchev–Trinajstić information content (AvgIpc) is 2.68. The monoisotopic (exact) mass is 390 g/mol. The largest absolute Gasteiger partial charge is 0.372 e. The maximum absolute atomic E-state index is 12.9. The number of anilines is 2. The summed E-state index contributed by atoms with van der Waals surface area (Å²) in [6.07, 6.45) is 3.50. The molecule has 3 rings (SSSR count). The summed E-state index contributed by atoms with van der Waals surface area (Å²) in [4.78, 5) is 14.4. The van der Waals surface area contributed by atoms with E-state index in [1.54, 1.807) is 0 Å². The number of carbonyl (C=O) groups excluding carboxylic acids is 1. The molecule has 1 aliphatic rings. The molecule has 144 valence electrons. The van der Waals surface area contributed by atoms with Crippen molar-refractivity contribution in [3.63, 3.8) is 0 Å². The van der Waals surface area contributed by atoms with Crippen LogP contribution in [0.1, 0.15) is 25.7 Å². The van der Waals surface area contributed by atoms with Crippen LogP contribution in [0.15, 0.2) is 53.4 Å². The maximum Gasteiger partial charge on any atom is 0.225 e. The third-order valence-corrected chi connectivity index (χ3v) is 6.37. The number of hydrogen-bond acceptors (Lipinski definition) is 4. The van der Waals surface area contributed by atoms with Gasteiger partial charge in [-0.25, -0.2) is 12.8 Å². The van der Waals surface area contributed by atoms with Gasteiger partial charge in [0.2, 0.25) is 5.91 Å². The van der Waals surface area contributed by atoms with Crippen LogP contribution in [0.5, 0.6) is 0 Å². The lowest BCUT2D eigenvalue weighted by atomic mass is 10.1. The lowest BCUT2D eigenvalue weighted by Crippen LogP contribution is -2.29. The molecule has 1 saturated heterocycles. The number of halogens is 1. The maximum atomic E-state index is 12.9. The molecule has 0 radical (unpaired) electrons. The molecule has 1 N–H and O–H groups in total. The fourth-order valence-electron chi connectivity index (χ4n) is 3.12. The summed E-state index contributed by atoms with van der Waals surface area (Å²) < 4.78 is 37.3. The zero-order valence-electron chi connectivity index (χ0n) is 15.0. The van der Waals surface area contributed by atoms with E-state index in [4.69, 9.17) is 0 Å². The fraction of sp³-hybridized carbons (Fsp3) is 0.350. The second-order valence-corrected chi connectivity index (χ2v) is 8.77. The Hall–Kier alpha value is -2.41. The summed E-state index contributed by atoms with van der Waals surface area (Å²) in [5.74, 6) is -1.19. The van der Waals surface area contributed by atoms with E-state index in [1.807, 2.05) is 24.3 Å². The molecule has 0 spiro atoms. The van der Waals surface area contributed by atoms with Crippen LogP contribution >= 0.6 is 0 Å². The minimum absolute atomic E-state index is 0.0163. The Bertz CT molecular complexity index is 874. The van der Waals surface area contributed by atoms with E-state index in [-0.39, 0.29) is 23.0 Å². The van der Waals surface area contributed by atoms with E-state index in [2.05, 4.69) is 10.2 Å². The van der Waals surface area contributed by atoms with E-state index in [1.165, 1.54) is 31.4 Å². The van der Waals surface area contributed by atoms with Crippen molar-refractivity contribution in [1.82, 2.24) is 0 Å². The molecule has 0 atom stereocenters. The van der Waals surface area contributed by atoms with E-state index in [9.17, 15) is 17.6 Å². The Morgan fingerprint density at radius 2 is 1.59 bits per heavy atom. The van der Waals surface area contributed by atoms with Gasteiger partial charge in [0, 0.05) is 30.9 Å². The lowest BCUT2D eigenvalue weighted by Gasteiger charge is -2.28. The third-order valence-electron chi connectivity index (χ3n) is 4.64. The summed E-state index contributed by atoms with van der Waals surface area (Å²) >= 11 is 0.